The highest BCUT2D eigenvalue weighted by molar-refractivity contribution is 7.17. The first-order valence-electron chi connectivity index (χ1n) is 10.6. The topological polar surface area (TPSA) is 85.6 Å². The predicted octanol–water partition coefficient (Wildman–Crippen LogP) is 5.32. The van der Waals surface area contributed by atoms with Gasteiger partial charge in [0.15, 0.2) is 0 Å². The number of fused-ring (bicyclic) bond motifs is 4. The Balaban J connectivity index is 1.58. The summed E-state index contributed by atoms with van der Waals surface area (Å²) < 4.78 is 10.4. The van der Waals surface area contributed by atoms with E-state index in [-0.39, 0.29) is 5.56 Å². The number of carbonyl (C=O) groups is 2. The Morgan fingerprint density at radius 3 is 2.69 bits per heavy atom. The Morgan fingerprint density at radius 2 is 1.84 bits per heavy atom. The van der Waals surface area contributed by atoms with Crippen LogP contribution in [0.5, 0.6) is 0 Å². The number of aryl methyl sites for hydroxylation is 1. The molecular weight excluding hydrogens is 426 g/mol. The lowest BCUT2D eigenvalue weighted by atomic mass is 10.0. The first kappa shape index (κ1) is 20.5. The van der Waals surface area contributed by atoms with Crippen molar-refractivity contribution >= 4 is 50.0 Å². The zero-order valence-corrected chi connectivity index (χ0v) is 18.3. The van der Waals surface area contributed by atoms with E-state index in [1.165, 1.54) is 18.4 Å². The third-order valence-corrected chi connectivity index (χ3v) is 7.13. The van der Waals surface area contributed by atoms with Crippen LogP contribution in [0.15, 0.2) is 51.7 Å². The summed E-state index contributed by atoms with van der Waals surface area (Å²) in [5.41, 5.74) is 0.948. The molecule has 0 saturated carbocycles. The number of benzene rings is 2. The van der Waals surface area contributed by atoms with Crippen molar-refractivity contribution in [3.8, 4) is 0 Å². The molecular formula is C25H21NO5S. The van der Waals surface area contributed by atoms with E-state index in [1.807, 2.05) is 30.3 Å². The molecule has 32 heavy (non-hydrogen) atoms. The Labute approximate surface area is 187 Å². The smallest absolute Gasteiger partial charge is 0.349 e. The Morgan fingerprint density at radius 1 is 1.03 bits per heavy atom. The number of rotatable bonds is 3. The van der Waals surface area contributed by atoms with Gasteiger partial charge in [0.05, 0.1) is 12.7 Å². The summed E-state index contributed by atoms with van der Waals surface area (Å²) in [6, 6.07) is 12.9. The van der Waals surface area contributed by atoms with Gasteiger partial charge in [-0.25, -0.2) is 9.59 Å². The molecule has 1 aliphatic carbocycles. The van der Waals surface area contributed by atoms with E-state index < -0.39 is 17.5 Å². The molecule has 2 aromatic heterocycles. The second-order valence-electron chi connectivity index (χ2n) is 7.86. The van der Waals surface area contributed by atoms with Crippen LogP contribution in [-0.4, -0.2) is 19.0 Å². The monoisotopic (exact) mass is 447 g/mol. The van der Waals surface area contributed by atoms with E-state index in [0.717, 1.165) is 53.3 Å². The maximum Gasteiger partial charge on any atom is 0.349 e. The third-order valence-electron chi connectivity index (χ3n) is 5.92. The highest BCUT2D eigenvalue weighted by atomic mass is 32.1. The van der Waals surface area contributed by atoms with Crippen molar-refractivity contribution in [1.29, 1.82) is 0 Å². The van der Waals surface area contributed by atoms with Crippen molar-refractivity contribution in [2.75, 3.05) is 12.4 Å². The van der Waals surface area contributed by atoms with Crippen LogP contribution in [0.1, 0.15) is 50.4 Å². The van der Waals surface area contributed by atoms with Crippen LogP contribution in [0.2, 0.25) is 0 Å². The number of nitrogens with one attached hydrogen (secondary N) is 1. The van der Waals surface area contributed by atoms with Gasteiger partial charge in [-0.15, -0.1) is 11.3 Å². The van der Waals surface area contributed by atoms with Gasteiger partial charge in [0.1, 0.15) is 16.1 Å². The summed E-state index contributed by atoms with van der Waals surface area (Å²) in [5, 5.41) is 5.77. The zero-order valence-electron chi connectivity index (χ0n) is 17.5. The van der Waals surface area contributed by atoms with E-state index in [1.54, 1.807) is 12.1 Å². The minimum atomic E-state index is -0.719. The van der Waals surface area contributed by atoms with Crippen LogP contribution in [0.4, 0.5) is 5.00 Å². The van der Waals surface area contributed by atoms with Crippen LogP contribution in [0.3, 0.4) is 0 Å². The number of anilines is 1. The molecule has 2 heterocycles. The van der Waals surface area contributed by atoms with Crippen LogP contribution in [0.25, 0.3) is 21.7 Å². The van der Waals surface area contributed by atoms with Crippen molar-refractivity contribution in [3.05, 3.63) is 74.5 Å². The summed E-state index contributed by atoms with van der Waals surface area (Å²) in [6.45, 7) is 0. The van der Waals surface area contributed by atoms with Crippen molar-refractivity contribution in [2.45, 2.75) is 32.1 Å². The van der Waals surface area contributed by atoms with Gasteiger partial charge in [0, 0.05) is 10.3 Å². The molecule has 0 bridgehead atoms. The Kier molecular flexibility index (Phi) is 5.27. The van der Waals surface area contributed by atoms with E-state index in [9.17, 15) is 14.4 Å². The highest BCUT2D eigenvalue weighted by Gasteiger charge is 2.27. The standard InChI is InChI=1S/C25H21NO5S/c1-30-25(29)21-16-9-3-2-4-10-20(16)32-23(21)26-22(27)18-13-17-15-8-6-5-7-14(15)11-12-19(17)31-24(18)28/h5-8,11-13H,2-4,9-10H2,1H3,(H,26,27). The number of esters is 1. The number of hydrogen-bond donors (Lipinski definition) is 1. The molecule has 1 N–H and O–H groups in total. The molecule has 6 nitrogen and oxygen atoms in total. The first-order valence-corrected chi connectivity index (χ1v) is 11.4. The van der Waals surface area contributed by atoms with Gasteiger partial charge in [0.25, 0.3) is 5.91 Å². The summed E-state index contributed by atoms with van der Waals surface area (Å²) >= 11 is 1.39. The molecule has 1 amide bonds. The van der Waals surface area contributed by atoms with Crippen molar-refractivity contribution < 1.29 is 18.7 Å². The zero-order chi connectivity index (χ0) is 22.2. The molecule has 0 saturated heterocycles. The van der Waals surface area contributed by atoms with Crippen molar-refractivity contribution in [1.82, 2.24) is 0 Å². The van der Waals surface area contributed by atoms with Gasteiger partial charge in [-0.1, -0.05) is 36.8 Å². The number of hydrogen-bond acceptors (Lipinski definition) is 6. The number of carbonyl (C=O) groups excluding carboxylic acids is 2. The maximum absolute atomic E-state index is 13.1. The van der Waals surface area contributed by atoms with Gasteiger partial charge >= 0.3 is 11.6 Å². The number of methoxy groups -OCH3 is 1. The molecule has 0 unspecified atom stereocenters. The van der Waals surface area contributed by atoms with Crippen molar-refractivity contribution in [2.24, 2.45) is 0 Å². The summed E-state index contributed by atoms with van der Waals surface area (Å²) in [5.74, 6) is -1.08. The van der Waals surface area contributed by atoms with Crippen molar-refractivity contribution in [3.63, 3.8) is 0 Å². The SMILES string of the molecule is COC(=O)c1c(NC(=O)c2cc3c(ccc4ccccc43)oc2=O)sc2c1CCCCC2. The second-order valence-corrected chi connectivity index (χ2v) is 8.97. The van der Waals surface area contributed by atoms with Gasteiger partial charge in [0.2, 0.25) is 0 Å². The normalized spacial score (nSPS) is 13.5. The summed E-state index contributed by atoms with van der Waals surface area (Å²) in [7, 11) is 1.33. The van der Waals surface area contributed by atoms with E-state index in [2.05, 4.69) is 5.32 Å². The van der Waals surface area contributed by atoms with E-state index in [4.69, 9.17) is 9.15 Å². The molecule has 5 rings (SSSR count). The molecule has 162 valence electrons. The molecule has 0 aliphatic heterocycles. The highest BCUT2D eigenvalue weighted by Crippen LogP contribution is 2.38. The second kappa shape index (κ2) is 8.24. The summed E-state index contributed by atoms with van der Waals surface area (Å²) in [4.78, 5) is 39.4. The van der Waals surface area contributed by atoms with Gasteiger partial charge in [-0.3, -0.25) is 4.79 Å². The average molecular weight is 448 g/mol. The lowest BCUT2D eigenvalue weighted by molar-refractivity contribution is 0.0601. The lowest BCUT2D eigenvalue weighted by Gasteiger charge is -2.08. The molecule has 7 heteroatoms. The van der Waals surface area contributed by atoms with Gasteiger partial charge < -0.3 is 14.5 Å². The number of thiophene rings is 1. The van der Waals surface area contributed by atoms with Crippen LogP contribution in [-0.2, 0) is 17.6 Å². The molecule has 0 spiro atoms. The molecule has 2 aromatic carbocycles. The van der Waals surface area contributed by atoms with E-state index >= 15 is 0 Å². The quantitative estimate of drug-likeness (QED) is 0.199. The first-order chi connectivity index (χ1) is 15.6. The predicted molar refractivity (Wildman–Crippen MR) is 125 cm³/mol. The molecule has 1 aliphatic rings. The van der Waals surface area contributed by atoms with E-state index in [0.29, 0.717) is 21.5 Å². The van der Waals surface area contributed by atoms with Gasteiger partial charge in [-0.05, 0) is 54.2 Å². The summed E-state index contributed by atoms with van der Waals surface area (Å²) in [6.07, 6.45) is 4.78. The Hall–Kier alpha value is -3.45. The van der Waals surface area contributed by atoms with Crippen LogP contribution >= 0.6 is 11.3 Å². The molecule has 0 radical (unpaired) electrons. The van der Waals surface area contributed by atoms with Crippen LogP contribution < -0.4 is 10.9 Å². The Bertz CT molecular complexity index is 1430. The maximum atomic E-state index is 13.1. The fourth-order valence-corrected chi connectivity index (χ4v) is 5.62. The lowest BCUT2D eigenvalue weighted by Crippen LogP contribution is -2.21. The third kappa shape index (κ3) is 3.48. The molecule has 0 fully saturated rings. The van der Waals surface area contributed by atoms with Gasteiger partial charge in [-0.2, -0.15) is 0 Å². The fourth-order valence-electron chi connectivity index (χ4n) is 4.35. The minimum Gasteiger partial charge on any atom is -0.465 e. The molecule has 0 atom stereocenters. The number of ether oxygens (including phenoxy) is 1. The minimum absolute atomic E-state index is 0.103. The van der Waals surface area contributed by atoms with Crippen LogP contribution in [0, 0.1) is 0 Å². The largest absolute Gasteiger partial charge is 0.465 e. The molecule has 4 aromatic rings. The fraction of sp³-hybridized carbons (Fsp3) is 0.240. The number of amides is 1. The average Bonchev–Trinajstić information content (AvgIpc) is 2.97.